The lowest BCUT2D eigenvalue weighted by Gasteiger charge is -2.07. The van der Waals surface area contributed by atoms with Crippen LogP contribution in [0.1, 0.15) is 12.2 Å². The van der Waals surface area contributed by atoms with E-state index in [2.05, 4.69) is 34.8 Å². The topological polar surface area (TPSA) is 39.9 Å². The van der Waals surface area contributed by atoms with Gasteiger partial charge in [0.25, 0.3) is 0 Å². The van der Waals surface area contributed by atoms with Crippen LogP contribution in [-0.4, -0.2) is 21.1 Å². The van der Waals surface area contributed by atoms with E-state index < -0.39 is 0 Å². The molecule has 0 saturated carbocycles. The maximum atomic E-state index is 5.88. The second-order valence-corrected chi connectivity index (χ2v) is 5.91. The van der Waals surface area contributed by atoms with Crippen LogP contribution in [0.25, 0.3) is 21.8 Å². The number of hydrogen-bond acceptors (Lipinski definition) is 3. The molecule has 0 fully saturated rings. The Hall–Kier alpha value is -2.88. The summed E-state index contributed by atoms with van der Waals surface area (Å²) in [7, 11) is 2.07. The number of para-hydroxylation sites is 2. The molecule has 0 aliphatic rings. The average Bonchev–Trinajstić information content (AvgIpc) is 2.95. The van der Waals surface area contributed by atoms with Crippen molar-refractivity contribution >= 4 is 21.8 Å². The maximum absolute atomic E-state index is 5.88. The highest BCUT2D eigenvalue weighted by atomic mass is 16.5. The first-order valence-corrected chi connectivity index (χ1v) is 8.18. The lowest BCUT2D eigenvalue weighted by molar-refractivity contribution is 0.310. The zero-order valence-electron chi connectivity index (χ0n) is 13.6. The van der Waals surface area contributed by atoms with E-state index in [-0.39, 0.29) is 0 Å². The molecule has 2 aromatic carbocycles. The molecule has 0 N–H and O–H groups in total. The summed E-state index contributed by atoms with van der Waals surface area (Å²) in [5, 5.41) is 2.28. The Morgan fingerprint density at radius 2 is 1.96 bits per heavy atom. The molecule has 0 unspecified atom stereocenters. The first-order chi connectivity index (χ1) is 11.8. The third-order valence-electron chi connectivity index (χ3n) is 4.31. The number of nitrogens with zero attached hydrogens (tertiary/aromatic N) is 3. The number of aryl methyl sites for hydroxylation is 2. The van der Waals surface area contributed by atoms with Crippen molar-refractivity contribution in [1.29, 1.82) is 0 Å². The van der Waals surface area contributed by atoms with Crippen molar-refractivity contribution < 1.29 is 4.74 Å². The fourth-order valence-corrected chi connectivity index (χ4v) is 2.99. The lowest BCUT2D eigenvalue weighted by Crippen LogP contribution is -2.03. The molecule has 0 radical (unpaired) electrons. The molecule has 0 amide bonds. The van der Waals surface area contributed by atoms with E-state index in [1.54, 1.807) is 6.20 Å². The number of fused-ring (bicyclic) bond motifs is 2. The van der Waals surface area contributed by atoms with Gasteiger partial charge in [0.05, 0.1) is 17.6 Å². The fourth-order valence-electron chi connectivity index (χ4n) is 2.99. The van der Waals surface area contributed by atoms with Crippen LogP contribution in [0, 0.1) is 0 Å². The zero-order valence-corrected chi connectivity index (χ0v) is 13.6. The van der Waals surface area contributed by atoms with Gasteiger partial charge in [-0.3, -0.25) is 4.98 Å². The van der Waals surface area contributed by atoms with Crippen molar-refractivity contribution in [1.82, 2.24) is 14.5 Å². The highest BCUT2D eigenvalue weighted by Gasteiger charge is 2.06. The molecule has 4 aromatic rings. The Labute approximate surface area is 140 Å². The van der Waals surface area contributed by atoms with Crippen LogP contribution in [0.2, 0.25) is 0 Å². The van der Waals surface area contributed by atoms with Gasteiger partial charge in [-0.25, -0.2) is 4.98 Å². The molecule has 0 saturated heterocycles. The van der Waals surface area contributed by atoms with Crippen molar-refractivity contribution in [2.45, 2.75) is 12.8 Å². The molecule has 120 valence electrons. The number of pyridine rings is 1. The Morgan fingerprint density at radius 3 is 2.88 bits per heavy atom. The number of imidazole rings is 1. The molecule has 0 aliphatic heterocycles. The van der Waals surface area contributed by atoms with Gasteiger partial charge in [-0.15, -0.1) is 0 Å². The van der Waals surface area contributed by atoms with Gasteiger partial charge >= 0.3 is 0 Å². The second kappa shape index (κ2) is 6.32. The minimum atomic E-state index is 0.676. The van der Waals surface area contributed by atoms with Crippen LogP contribution in [0.15, 0.2) is 60.9 Å². The molecule has 2 heterocycles. The predicted octanol–water partition coefficient (Wildman–Crippen LogP) is 4.13. The molecule has 0 bridgehead atoms. The van der Waals surface area contributed by atoms with E-state index in [4.69, 9.17) is 9.72 Å². The summed E-state index contributed by atoms with van der Waals surface area (Å²) in [6.07, 6.45) is 5.50. The Kier molecular flexibility index (Phi) is 3.87. The van der Waals surface area contributed by atoms with Gasteiger partial charge in [-0.05, 0) is 42.1 Å². The lowest BCUT2D eigenvalue weighted by atomic mass is 10.2. The third-order valence-corrected chi connectivity index (χ3v) is 4.31. The van der Waals surface area contributed by atoms with E-state index in [9.17, 15) is 0 Å². The van der Waals surface area contributed by atoms with Crippen LogP contribution >= 0.6 is 0 Å². The molecule has 4 rings (SSSR count). The van der Waals surface area contributed by atoms with Crippen molar-refractivity contribution in [3.8, 4) is 5.75 Å². The minimum Gasteiger partial charge on any atom is -0.494 e. The van der Waals surface area contributed by atoms with Crippen molar-refractivity contribution in [2.75, 3.05) is 6.61 Å². The average molecular weight is 317 g/mol. The van der Waals surface area contributed by atoms with Gasteiger partial charge < -0.3 is 9.30 Å². The summed E-state index contributed by atoms with van der Waals surface area (Å²) in [6.45, 7) is 0.676. The van der Waals surface area contributed by atoms with Gasteiger partial charge in [0, 0.05) is 31.2 Å². The Morgan fingerprint density at radius 1 is 1.04 bits per heavy atom. The molecule has 2 aromatic heterocycles. The number of hydrogen-bond donors (Lipinski definition) is 0. The van der Waals surface area contributed by atoms with Gasteiger partial charge in [0.1, 0.15) is 11.6 Å². The number of benzene rings is 2. The largest absolute Gasteiger partial charge is 0.494 e. The van der Waals surface area contributed by atoms with Crippen molar-refractivity contribution in [3.63, 3.8) is 0 Å². The highest BCUT2D eigenvalue weighted by Crippen LogP contribution is 2.20. The van der Waals surface area contributed by atoms with E-state index in [0.717, 1.165) is 35.3 Å². The first-order valence-electron chi connectivity index (χ1n) is 8.18. The standard InChI is InChI=1S/C20H19N3O/c1-23-19-6-3-2-5-18(19)22-20(23)7-4-12-24-17-9-8-15-10-11-21-14-16(15)13-17/h2-3,5-6,8-11,13-14H,4,7,12H2,1H3. The summed E-state index contributed by atoms with van der Waals surface area (Å²) in [6, 6.07) is 16.4. The quantitative estimate of drug-likeness (QED) is 0.520. The monoisotopic (exact) mass is 317 g/mol. The Bertz CT molecular complexity index is 990. The summed E-state index contributed by atoms with van der Waals surface area (Å²) < 4.78 is 8.05. The van der Waals surface area contributed by atoms with Gasteiger partial charge in [-0.1, -0.05) is 18.2 Å². The zero-order chi connectivity index (χ0) is 16.4. The van der Waals surface area contributed by atoms with E-state index >= 15 is 0 Å². The molecule has 24 heavy (non-hydrogen) atoms. The fraction of sp³-hybridized carbons (Fsp3) is 0.200. The third kappa shape index (κ3) is 2.83. The first kappa shape index (κ1) is 14.7. The molecular formula is C20H19N3O. The SMILES string of the molecule is Cn1c(CCCOc2ccc3ccncc3c2)nc2ccccc21. The van der Waals surface area contributed by atoms with Gasteiger partial charge in [-0.2, -0.15) is 0 Å². The molecule has 0 atom stereocenters. The predicted molar refractivity (Wildman–Crippen MR) is 96.3 cm³/mol. The summed E-state index contributed by atoms with van der Waals surface area (Å²) in [5.41, 5.74) is 2.23. The maximum Gasteiger partial charge on any atom is 0.119 e. The summed E-state index contributed by atoms with van der Waals surface area (Å²) in [5.74, 6) is 1.99. The second-order valence-electron chi connectivity index (χ2n) is 5.91. The van der Waals surface area contributed by atoms with E-state index in [1.165, 1.54) is 10.9 Å². The Balaban J connectivity index is 1.38. The molecule has 0 aliphatic carbocycles. The van der Waals surface area contributed by atoms with Crippen LogP contribution in [0.3, 0.4) is 0 Å². The summed E-state index contributed by atoms with van der Waals surface area (Å²) >= 11 is 0. The minimum absolute atomic E-state index is 0.676. The van der Waals surface area contributed by atoms with Gasteiger partial charge in [0.2, 0.25) is 0 Å². The van der Waals surface area contributed by atoms with Crippen LogP contribution in [0.4, 0.5) is 0 Å². The highest BCUT2D eigenvalue weighted by molar-refractivity contribution is 5.82. The van der Waals surface area contributed by atoms with E-state index in [1.807, 2.05) is 36.5 Å². The molecule has 0 spiro atoms. The molecule has 4 heteroatoms. The normalized spacial score (nSPS) is 11.2. The van der Waals surface area contributed by atoms with Gasteiger partial charge in [0.15, 0.2) is 0 Å². The van der Waals surface area contributed by atoms with Crippen LogP contribution in [0.5, 0.6) is 5.75 Å². The number of rotatable bonds is 5. The number of ether oxygens (including phenoxy) is 1. The van der Waals surface area contributed by atoms with Crippen molar-refractivity contribution in [3.05, 3.63) is 66.7 Å². The van der Waals surface area contributed by atoms with Crippen LogP contribution in [-0.2, 0) is 13.5 Å². The molecular weight excluding hydrogens is 298 g/mol. The smallest absolute Gasteiger partial charge is 0.119 e. The van der Waals surface area contributed by atoms with Crippen molar-refractivity contribution in [2.24, 2.45) is 7.05 Å². The summed E-state index contributed by atoms with van der Waals surface area (Å²) in [4.78, 5) is 8.85. The number of aromatic nitrogens is 3. The van der Waals surface area contributed by atoms with E-state index in [0.29, 0.717) is 6.61 Å². The molecule has 4 nitrogen and oxygen atoms in total. The van der Waals surface area contributed by atoms with Crippen LogP contribution < -0.4 is 4.74 Å².